The first-order chi connectivity index (χ1) is 17.6. The number of nitrogens with zero attached hydrogens (tertiary/aromatic N) is 8. The van der Waals surface area contributed by atoms with Crippen LogP contribution in [-0.4, -0.2) is 110 Å². The topological polar surface area (TPSA) is 125 Å². The molecule has 1 amide bonds. The minimum atomic E-state index is -0.165. The maximum Gasteiger partial charge on any atom is 0.263 e. The van der Waals surface area contributed by atoms with Crippen LogP contribution in [-0.2, 0) is 9.53 Å². The molecule has 0 aliphatic carbocycles. The van der Waals surface area contributed by atoms with Gasteiger partial charge in [0.2, 0.25) is 11.9 Å². The lowest BCUT2D eigenvalue weighted by molar-refractivity contribution is -0.130. The molecule has 3 aromatic heterocycles. The molecular weight excluding hydrogens is 462 g/mol. The summed E-state index contributed by atoms with van der Waals surface area (Å²) in [5, 5.41) is 5.14. The summed E-state index contributed by atoms with van der Waals surface area (Å²) < 4.78 is 6.89. The normalized spacial score (nSPS) is 17.2. The first-order valence-corrected chi connectivity index (χ1v) is 12.1. The number of H-pyrrole nitrogens is 1. The standard InChI is InChI=1S/C24H27N9O3/c1-16(34)31-6-4-30(5-7-31)14-21(35)33-23-18(13-27-33)22(17-2-3-19-20(12-17)26-15-25-19)28-24(29-23)32-8-10-36-11-9-32/h2-3,12-13,15H,4-11,14H2,1H3,(H,25,26). The van der Waals surface area contributed by atoms with E-state index in [1.807, 2.05) is 23.1 Å². The van der Waals surface area contributed by atoms with Gasteiger partial charge in [-0.2, -0.15) is 14.8 Å². The van der Waals surface area contributed by atoms with Crippen molar-refractivity contribution in [2.24, 2.45) is 0 Å². The summed E-state index contributed by atoms with van der Waals surface area (Å²) in [7, 11) is 0. The summed E-state index contributed by atoms with van der Waals surface area (Å²) in [6, 6.07) is 5.93. The number of benzene rings is 1. The van der Waals surface area contributed by atoms with E-state index in [2.05, 4.69) is 20.0 Å². The Hall–Kier alpha value is -3.90. The molecule has 2 saturated heterocycles. The number of nitrogens with one attached hydrogen (secondary N) is 1. The number of amides is 1. The number of carbonyl (C=O) groups excluding carboxylic acids is 2. The molecule has 0 spiro atoms. The highest BCUT2D eigenvalue weighted by molar-refractivity contribution is 5.98. The number of fused-ring (bicyclic) bond motifs is 2. The number of anilines is 1. The van der Waals surface area contributed by atoms with Crippen LogP contribution in [0.5, 0.6) is 0 Å². The van der Waals surface area contributed by atoms with Crippen molar-refractivity contribution in [1.29, 1.82) is 0 Å². The van der Waals surface area contributed by atoms with Gasteiger partial charge < -0.3 is 19.5 Å². The molecule has 2 aliphatic rings. The van der Waals surface area contributed by atoms with Crippen molar-refractivity contribution in [1.82, 2.24) is 39.5 Å². The van der Waals surface area contributed by atoms with E-state index in [0.29, 0.717) is 75.2 Å². The fraction of sp³-hybridized carbons (Fsp3) is 0.417. The van der Waals surface area contributed by atoms with Crippen LogP contribution >= 0.6 is 0 Å². The number of ether oxygens (including phenoxy) is 1. The van der Waals surface area contributed by atoms with Crippen LogP contribution in [0.1, 0.15) is 11.7 Å². The summed E-state index contributed by atoms with van der Waals surface area (Å²) in [4.78, 5) is 48.1. The third kappa shape index (κ3) is 4.18. The number of hydrogen-bond acceptors (Lipinski definition) is 9. The number of imidazole rings is 1. The van der Waals surface area contributed by atoms with Crippen molar-refractivity contribution < 1.29 is 14.3 Å². The maximum absolute atomic E-state index is 13.3. The summed E-state index contributed by atoms with van der Waals surface area (Å²) in [6.07, 6.45) is 3.32. The fourth-order valence-corrected chi connectivity index (χ4v) is 4.76. The van der Waals surface area contributed by atoms with Gasteiger partial charge in [0, 0.05) is 51.8 Å². The third-order valence-electron chi connectivity index (χ3n) is 6.82. The van der Waals surface area contributed by atoms with Gasteiger partial charge in [-0.05, 0) is 12.1 Å². The number of aromatic amines is 1. The number of aromatic nitrogens is 6. The minimum absolute atomic E-state index is 0.0620. The molecule has 0 saturated carbocycles. The Morgan fingerprint density at radius 2 is 1.86 bits per heavy atom. The van der Waals surface area contributed by atoms with Crippen molar-refractivity contribution in [2.45, 2.75) is 6.92 Å². The molecule has 0 bridgehead atoms. The molecule has 5 heterocycles. The molecule has 12 heteroatoms. The maximum atomic E-state index is 13.3. The second kappa shape index (κ2) is 9.28. The molecule has 186 valence electrons. The monoisotopic (exact) mass is 489 g/mol. The van der Waals surface area contributed by atoms with Gasteiger partial charge in [-0.1, -0.05) is 6.07 Å². The van der Waals surface area contributed by atoms with Crippen LogP contribution in [0.4, 0.5) is 5.95 Å². The van der Waals surface area contributed by atoms with Crippen LogP contribution in [0.2, 0.25) is 0 Å². The molecule has 6 rings (SSSR count). The molecule has 1 aromatic carbocycles. The largest absolute Gasteiger partial charge is 0.378 e. The minimum Gasteiger partial charge on any atom is -0.378 e. The lowest BCUT2D eigenvalue weighted by Gasteiger charge is -2.33. The second-order valence-corrected chi connectivity index (χ2v) is 9.08. The van der Waals surface area contributed by atoms with Gasteiger partial charge >= 0.3 is 0 Å². The molecule has 2 fully saturated rings. The zero-order valence-electron chi connectivity index (χ0n) is 20.1. The predicted octanol–water partition coefficient (Wildman–Crippen LogP) is 1.01. The van der Waals surface area contributed by atoms with E-state index < -0.39 is 0 Å². The fourth-order valence-electron chi connectivity index (χ4n) is 4.76. The van der Waals surface area contributed by atoms with Gasteiger partial charge in [-0.25, -0.2) is 9.97 Å². The number of morpholine rings is 1. The lowest BCUT2D eigenvalue weighted by atomic mass is 10.1. The van der Waals surface area contributed by atoms with E-state index in [1.54, 1.807) is 24.3 Å². The molecule has 0 radical (unpaired) electrons. The average Bonchev–Trinajstić information content (AvgIpc) is 3.55. The molecule has 1 N–H and O–H groups in total. The molecule has 0 unspecified atom stereocenters. The quantitative estimate of drug-likeness (QED) is 0.447. The van der Waals surface area contributed by atoms with E-state index in [1.165, 1.54) is 4.68 Å². The highest BCUT2D eigenvalue weighted by Crippen LogP contribution is 2.30. The third-order valence-corrected chi connectivity index (χ3v) is 6.82. The van der Waals surface area contributed by atoms with Gasteiger partial charge in [0.1, 0.15) is 0 Å². The second-order valence-electron chi connectivity index (χ2n) is 9.08. The zero-order chi connectivity index (χ0) is 24.6. The highest BCUT2D eigenvalue weighted by atomic mass is 16.5. The number of rotatable bonds is 4. The summed E-state index contributed by atoms with van der Waals surface area (Å²) in [6.45, 7) is 6.84. The molecule has 12 nitrogen and oxygen atoms in total. The van der Waals surface area contributed by atoms with E-state index in [0.717, 1.165) is 16.6 Å². The summed E-state index contributed by atoms with van der Waals surface area (Å²) in [5.74, 6) is 0.445. The number of piperazine rings is 1. The van der Waals surface area contributed by atoms with Crippen molar-refractivity contribution in [3.8, 4) is 11.3 Å². The van der Waals surface area contributed by atoms with Crippen LogP contribution in [0, 0.1) is 0 Å². The van der Waals surface area contributed by atoms with Crippen molar-refractivity contribution in [2.75, 3.05) is 63.9 Å². The molecule has 2 aliphatic heterocycles. The smallest absolute Gasteiger partial charge is 0.263 e. The summed E-state index contributed by atoms with van der Waals surface area (Å²) >= 11 is 0. The van der Waals surface area contributed by atoms with Crippen molar-refractivity contribution in [3.05, 3.63) is 30.7 Å². The van der Waals surface area contributed by atoms with Crippen LogP contribution < -0.4 is 4.90 Å². The Labute approximate surface area is 206 Å². The van der Waals surface area contributed by atoms with Crippen LogP contribution in [0.15, 0.2) is 30.7 Å². The van der Waals surface area contributed by atoms with Crippen molar-refractivity contribution >= 4 is 39.8 Å². The van der Waals surface area contributed by atoms with E-state index >= 15 is 0 Å². The Morgan fingerprint density at radius 1 is 1.06 bits per heavy atom. The van der Waals surface area contributed by atoms with Gasteiger partial charge in [-0.15, -0.1) is 0 Å². The Morgan fingerprint density at radius 3 is 2.64 bits per heavy atom. The summed E-state index contributed by atoms with van der Waals surface area (Å²) in [5.41, 5.74) is 3.84. The SMILES string of the molecule is CC(=O)N1CCN(CC(=O)n2ncc3c(-c4ccc5[nH]cnc5c4)nc(N4CCOCC4)nc32)CC1. The van der Waals surface area contributed by atoms with E-state index in [9.17, 15) is 9.59 Å². The molecule has 4 aromatic rings. The molecular formula is C24H27N9O3. The van der Waals surface area contributed by atoms with Gasteiger partial charge in [-0.3, -0.25) is 14.5 Å². The van der Waals surface area contributed by atoms with Crippen LogP contribution in [0.25, 0.3) is 33.3 Å². The number of hydrogen-bond donors (Lipinski definition) is 1. The van der Waals surface area contributed by atoms with E-state index in [4.69, 9.17) is 14.7 Å². The van der Waals surface area contributed by atoms with Gasteiger partial charge in [0.05, 0.1) is 54.4 Å². The first kappa shape index (κ1) is 22.6. The van der Waals surface area contributed by atoms with Crippen LogP contribution in [0.3, 0.4) is 0 Å². The van der Waals surface area contributed by atoms with Crippen molar-refractivity contribution in [3.63, 3.8) is 0 Å². The number of carbonyl (C=O) groups is 2. The molecule has 36 heavy (non-hydrogen) atoms. The first-order valence-electron chi connectivity index (χ1n) is 12.1. The predicted molar refractivity (Wildman–Crippen MR) is 133 cm³/mol. The van der Waals surface area contributed by atoms with Gasteiger partial charge in [0.15, 0.2) is 5.65 Å². The van der Waals surface area contributed by atoms with Gasteiger partial charge in [0.25, 0.3) is 5.91 Å². The van der Waals surface area contributed by atoms with E-state index in [-0.39, 0.29) is 18.4 Å². The Balaban J connectivity index is 1.36. The highest BCUT2D eigenvalue weighted by Gasteiger charge is 2.25. The average molecular weight is 490 g/mol. The molecule has 0 atom stereocenters. The Kier molecular flexibility index (Phi) is 5.82. The zero-order valence-corrected chi connectivity index (χ0v) is 20.1. The Bertz CT molecular complexity index is 1430. The lowest BCUT2D eigenvalue weighted by Crippen LogP contribution is -2.49.